The highest BCUT2D eigenvalue weighted by Crippen LogP contribution is 2.54. The number of aromatic nitrogens is 7. The summed E-state index contributed by atoms with van der Waals surface area (Å²) in [6.07, 6.45) is -2.55. The molecule has 290 valence electrons. The van der Waals surface area contributed by atoms with Gasteiger partial charge in [0.2, 0.25) is 15.9 Å². The van der Waals surface area contributed by atoms with Crippen molar-refractivity contribution < 1.29 is 39.6 Å². The molecule has 12 nitrogen and oxygen atoms in total. The van der Waals surface area contributed by atoms with Crippen LogP contribution >= 0.6 is 11.6 Å². The minimum Gasteiger partial charge on any atom is -0.346 e. The van der Waals surface area contributed by atoms with Crippen molar-refractivity contribution >= 4 is 55.4 Å². The van der Waals surface area contributed by atoms with Crippen molar-refractivity contribution in [1.29, 1.82) is 0 Å². The highest BCUT2D eigenvalue weighted by molar-refractivity contribution is 7.92. The van der Waals surface area contributed by atoms with Gasteiger partial charge in [0.1, 0.15) is 35.4 Å². The number of H-pyrrole nitrogens is 1. The van der Waals surface area contributed by atoms with Gasteiger partial charge in [-0.05, 0) is 49.1 Å². The molecule has 0 bridgehead atoms. The van der Waals surface area contributed by atoms with E-state index in [4.69, 9.17) is 16.6 Å². The van der Waals surface area contributed by atoms with Crippen LogP contribution in [0.2, 0.25) is 5.02 Å². The molecule has 55 heavy (non-hydrogen) atoms. The lowest BCUT2D eigenvalue weighted by Crippen LogP contribution is -2.35. The molecule has 6 aromatic rings. The molecule has 1 amide bonds. The van der Waals surface area contributed by atoms with Crippen molar-refractivity contribution in [3.8, 4) is 11.1 Å². The molecule has 3 N–H and O–H groups in total. The second-order valence-corrected chi connectivity index (χ2v) is 15.8. The number of benzene rings is 2. The molecule has 0 aliphatic heterocycles. The third-order valence-electron chi connectivity index (χ3n) is 9.77. The number of pyridine rings is 1. The number of amides is 1. The summed E-state index contributed by atoms with van der Waals surface area (Å²) in [6, 6.07) is 6.24. The van der Waals surface area contributed by atoms with Crippen molar-refractivity contribution in [2.75, 3.05) is 11.0 Å². The number of sulfonamides is 1. The van der Waals surface area contributed by atoms with E-state index in [9.17, 15) is 30.8 Å². The van der Waals surface area contributed by atoms with Crippen LogP contribution in [0, 0.1) is 24.5 Å². The Labute approximate surface area is 314 Å². The van der Waals surface area contributed by atoms with Crippen LogP contribution in [0.3, 0.4) is 0 Å². The fourth-order valence-corrected chi connectivity index (χ4v) is 8.04. The average Bonchev–Trinajstić information content (AvgIpc) is 3.77. The number of hydrogen-bond acceptors (Lipinski definition) is 7. The second kappa shape index (κ2) is 13.5. The van der Waals surface area contributed by atoms with E-state index in [1.54, 1.807) is 26.1 Å². The number of aryl methyl sites for hydroxylation is 2. The first-order valence-corrected chi connectivity index (χ1v) is 19.0. The first-order valence-electron chi connectivity index (χ1n) is 16.8. The van der Waals surface area contributed by atoms with Gasteiger partial charge in [-0.25, -0.2) is 35.9 Å². The Morgan fingerprint density at radius 2 is 1.73 bits per heavy atom. The molecule has 1 aliphatic rings. The minimum atomic E-state index is -3.81. The quantitative estimate of drug-likeness (QED) is 0.124. The monoisotopic (exact) mass is 807 g/mol. The van der Waals surface area contributed by atoms with Crippen molar-refractivity contribution in [3.63, 3.8) is 0 Å². The van der Waals surface area contributed by atoms with Crippen LogP contribution < -0.4 is 10.0 Å². The lowest BCUT2D eigenvalue weighted by atomic mass is 9.94. The average molecular weight is 808 g/mol. The van der Waals surface area contributed by atoms with Crippen molar-refractivity contribution in [2.24, 2.45) is 13.0 Å². The van der Waals surface area contributed by atoms with Gasteiger partial charge in [0.15, 0.2) is 11.5 Å². The molecule has 7 rings (SSSR count). The molecule has 0 unspecified atom stereocenters. The molecule has 0 spiro atoms. The lowest BCUT2D eigenvalue weighted by Gasteiger charge is -2.23. The van der Waals surface area contributed by atoms with Crippen molar-refractivity contribution in [1.82, 2.24) is 39.8 Å². The molecular weight excluding hydrogens is 776 g/mol. The number of carbonyl (C=O) groups excluding carboxylic acids is 1. The fraction of sp³-hybridized carbons (Fsp3) is 0.343. The molecule has 0 saturated heterocycles. The van der Waals surface area contributed by atoms with Crippen LogP contribution in [0.25, 0.3) is 33.2 Å². The number of carbonyl (C=O) groups is 1. The van der Waals surface area contributed by atoms with E-state index in [1.165, 1.54) is 24.6 Å². The number of halogens is 7. The topological polar surface area (TPSA) is 152 Å². The van der Waals surface area contributed by atoms with Gasteiger partial charge < -0.3 is 10.3 Å². The molecular formula is C35H32ClF6N9O3S. The molecule has 20 heteroatoms. The Hall–Kier alpha value is -5.17. The number of imidazole rings is 1. The van der Waals surface area contributed by atoms with E-state index < -0.39 is 75.7 Å². The van der Waals surface area contributed by atoms with E-state index >= 15 is 8.78 Å². The maximum atomic E-state index is 15.5. The molecule has 3 atom stereocenters. The summed E-state index contributed by atoms with van der Waals surface area (Å²) in [4.78, 5) is 26.2. The fourth-order valence-electron chi connectivity index (χ4n) is 7.31. The molecule has 1 aliphatic carbocycles. The highest BCUT2D eigenvalue weighted by Gasteiger charge is 2.55. The normalized spacial score (nSPS) is 17.3. The molecule has 0 radical (unpaired) electrons. The Kier molecular flexibility index (Phi) is 9.38. The van der Waals surface area contributed by atoms with E-state index in [1.807, 2.05) is 0 Å². The molecule has 4 heterocycles. The largest absolute Gasteiger partial charge is 0.346 e. The number of nitrogens with one attached hydrogen (secondary N) is 3. The van der Waals surface area contributed by atoms with Gasteiger partial charge in [-0.1, -0.05) is 31.5 Å². The number of rotatable bonds is 10. The Bertz CT molecular complexity index is 2620. The van der Waals surface area contributed by atoms with Gasteiger partial charge >= 0.3 is 0 Å². The molecule has 2 aromatic carbocycles. The number of alkyl halides is 4. The third kappa shape index (κ3) is 6.87. The SMILES string of the molecule is Cc1nc2nc([C@H](Cc3cc(F)cc(F)c3)NC(=O)Cn3nc(C(F)F)c4c3C(F)(F)[C@H](C)[C@@H]4C)c(-c3ccc(Cl)c4c(NS(C)(=O)=O)nn(C)c34)cc2[nH]1. The van der Waals surface area contributed by atoms with E-state index in [0.29, 0.717) is 38.7 Å². The summed E-state index contributed by atoms with van der Waals surface area (Å²) < 4.78 is 117. The predicted octanol–water partition coefficient (Wildman–Crippen LogP) is 7.20. The predicted molar refractivity (Wildman–Crippen MR) is 191 cm³/mol. The summed E-state index contributed by atoms with van der Waals surface area (Å²) in [6.45, 7) is 3.39. The van der Waals surface area contributed by atoms with Gasteiger partial charge in [0.25, 0.3) is 12.3 Å². The van der Waals surface area contributed by atoms with E-state index in [0.717, 1.165) is 18.4 Å². The molecule has 4 aromatic heterocycles. The van der Waals surface area contributed by atoms with Crippen LogP contribution in [0.5, 0.6) is 0 Å². The van der Waals surface area contributed by atoms with Crippen LogP contribution in [-0.2, 0) is 40.8 Å². The highest BCUT2D eigenvalue weighted by atomic mass is 35.5. The van der Waals surface area contributed by atoms with E-state index in [2.05, 4.69) is 30.2 Å². The van der Waals surface area contributed by atoms with Gasteiger partial charge in [0, 0.05) is 35.7 Å². The first-order chi connectivity index (χ1) is 25.7. The zero-order chi connectivity index (χ0) is 39.9. The maximum Gasteiger partial charge on any atom is 0.292 e. The van der Waals surface area contributed by atoms with Gasteiger partial charge in [0.05, 0.1) is 39.4 Å². The lowest BCUT2D eigenvalue weighted by molar-refractivity contribution is -0.123. The summed E-state index contributed by atoms with van der Waals surface area (Å²) in [5, 5.41) is 11.2. The Morgan fingerprint density at radius 1 is 1.04 bits per heavy atom. The van der Waals surface area contributed by atoms with Gasteiger partial charge in [-0.2, -0.15) is 19.0 Å². The zero-order valence-electron chi connectivity index (χ0n) is 29.6. The smallest absolute Gasteiger partial charge is 0.292 e. The number of nitrogens with zero attached hydrogens (tertiary/aromatic N) is 6. The first kappa shape index (κ1) is 38.1. The Balaban J connectivity index is 1.40. The van der Waals surface area contributed by atoms with Gasteiger partial charge in [-0.15, -0.1) is 0 Å². The zero-order valence-corrected chi connectivity index (χ0v) is 31.2. The van der Waals surface area contributed by atoms with Crippen LogP contribution in [-0.4, -0.2) is 55.1 Å². The number of anilines is 1. The van der Waals surface area contributed by atoms with Crippen LogP contribution in [0.4, 0.5) is 32.2 Å². The number of aromatic amines is 1. The minimum absolute atomic E-state index is 0.0735. The van der Waals surface area contributed by atoms with Gasteiger partial charge in [-0.3, -0.25) is 18.9 Å². The van der Waals surface area contributed by atoms with Crippen LogP contribution in [0.15, 0.2) is 36.4 Å². The summed E-state index contributed by atoms with van der Waals surface area (Å²) >= 11 is 6.59. The third-order valence-corrected chi connectivity index (χ3v) is 10.6. The summed E-state index contributed by atoms with van der Waals surface area (Å²) in [5.74, 6) is -8.30. The number of hydrogen-bond donors (Lipinski definition) is 3. The van der Waals surface area contributed by atoms with Crippen molar-refractivity contribution in [2.45, 2.75) is 58.0 Å². The molecule has 0 saturated carbocycles. The molecule has 0 fully saturated rings. The second-order valence-electron chi connectivity index (χ2n) is 13.7. The summed E-state index contributed by atoms with van der Waals surface area (Å²) in [5.41, 5.74) is -0.141. The Morgan fingerprint density at radius 3 is 2.38 bits per heavy atom. The maximum absolute atomic E-state index is 15.5. The standard InChI is InChI=1S/C35H32ClF6N9O3S/c1-14-15(2)35(41,42)31-26(14)29(32(39)40)47-51(31)13-25(52)45-23(10-17-8-18(37)11-19(38)9-17)28-21(12-24-33(46-28)44-16(3)43-24)20-6-7-22(36)27-30(20)50(4)48-34(27)49-55(5,53)54/h6-9,11-12,14-15,23,32H,10,13H2,1-5H3,(H,45,52)(H,48,49)(H,43,44,46)/t14-,15+,23-/m0/s1. The number of fused-ring (bicyclic) bond motifs is 3. The van der Waals surface area contributed by atoms with E-state index in [-0.39, 0.29) is 45.1 Å². The van der Waals surface area contributed by atoms with Crippen LogP contribution in [0.1, 0.15) is 66.3 Å². The summed E-state index contributed by atoms with van der Waals surface area (Å²) in [7, 11) is -2.27. The van der Waals surface area contributed by atoms with Crippen molar-refractivity contribution in [3.05, 3.63) is 87.1 Å².